The fourth-order valence-corrected chi connectivity index (χ4v) is 4.65. The van der Waals surface area contributed by atoms with Crippen LogP contribution in [0.25, 0.3) is 5.69 Å². The van der Waals surface area contributed by atoms with E-state index in [9.17, 15) is 4.79 Å². The molecule has 1 aliphatic heterocycles. The molecule has 3 aromatic rings. The number of hydrogen-bond acceptors (Lipinski definition) is 6. The van der Waals surface area contributed by atoms with Gasteiger partial charge in [-0.1, -0.05) is 30.0 Å². The maximum Gasteiger partial charge on any atom is 0.233 e. The molecule has 8 heteroatoms. The molecule has 0 atom stereocenters. The van der Waals surface area contributed by atoms with Gasteiger partial charge in [0.05, 0.1) is 18.6 Å². The highest BCUT2D eigenvalue weighted by Crippen LogP contribution is 2.25. The monoisotopic (exact) mass is 437 g/mol. The van der Waals surface area contributed by atoms with Crippen LogP contribution in [0.5, 0.6) is 5.75 Å². The fourth-order valence-electron chi connectivity index (χ4n) is 3.75. The van der Waals surface area contributed by atoms with E-state index in [4.69, 9.17) is 4.74 Å². The lowest BCUT2D eigenvalue weighted by Gasteiger charge is -2.36. The van der Waals surface area contributed by atoms with Crippen molar-refractivity contribution in [1.29, 1.82) is 0 Å². The van der Waals surface area contributed by atoms with Crippen LogP contribution in [-0.2, 0) is 4.79 Å². The topological polar surface area (TPSA) is 63.5 Å². The van der Waals surface area contributed by atoms with E-state index in [1.807, 2.05) is 40.7 Å². The average molecular weight is 438 g/mol. The minimum Gasteiger partial charge on any atom is -0.497 e. The van der Waals surface area contributed by atoms with Gasteiger partial charge in [0.2, 0.25) is 5.91 Å². The lowest BCUT2D eigenvalue weighted by Crippen LogP contribution is -2.49. The second kappa shape index (κ2) is 9.43. The van der Waals surface area contributed by atoms with Crippen molar-refractivity contribution < 1.29 is 9.53 Å². The normalized spacial score (nSPS) is 14.0. The molecule has 0 N–H and O–H groups in total. The fraction of sp³-hybridized carbons (Fsp3) is 0.348. The molecule has 0 bridgehead atoms. The van der Waals surface area contributed by atoms with Crippen molar-refractivity contribution in [2.75, 3.05) is 43.9 Å². The van der Waals surface area contributed by atoms with Crippen LogP contribution in [0.15, 0.2) is 53.7 Å². The zero-order valence-electron chi connectivity index (χ0n) is 18.1. The van der Waals surface area contributed by atoms with Crippen LogP contribution in [0.4, 0.5) is 5.69 Å². The van der Waals surface area contributed by atoms with Gasteiger partial charge in [0.15, 0.2) is 5.16 Å². The molecule has 0 aliphatic carbocycles. The van der Waals surface area contributed by atoms with Gasteiger partial charge in [0.1, 0.15) is 11.6 Å². The summed E-state index contributed by atoms with van der Waals surface area (Å²) in [6.45, 7) is 7.08. The third kappa shape index (κ3) is 4.69. The van der Waals surface area contributed by atoms with E-state index in [1.54, 1.807) is 7.11 Å². The summed E-state index contributed by atoms with van der Waals surface area (Å²) < 4.78 is 7.25. The summed E-state index contributed by atoms with van der Waals surface area (Å²) in [4.78, 5) is 17.1. The molecule has 4 rings (SSSR count). The number of rotatable bonds is 6. The number of amides is 1. The third-order valence-corrected chi connectivity index (χ3v) is 6.46. The molecule has 1 saturated heterocycles. The molecular weight excluding hydrogens is 410 g/mol. The molecule has 2 heterocycles. The maximum atomic E-state index is 12.8. The van der Waals surface area contributed by atoms with Gasteiger partial charge in [-0.2, -0.15) is 0 Å². The Morgan fingerprint density at radius 2 is 1.71 bits per heavy atom. The summed E-state index contributed by atoms with van der Waals surface area (Å²) in [7, 11) is 1.67. The van der Waals surface area contributed by atoms with Crippen molar-refractivity contribution in [3.8, 4) is 11.4 Å². The van der Waals surface area contributed by atoms with Gasteiger partial charge in [-0.15, -0.1) is 10.2 Å². The van der Waals surface area contributed by atoms with E-state index in [2.05, 4.69) is 46.3 Å². The summed E-state index contributed by atoms with van der Waals surface area (Å²) in [6, 6.07) is 16.2. The maximum absolute atomic E-state index is 12.8. The van der Waals surface area contributed by atoms with Gasteiger partial charge in [0, 0.05) is 31.9 Å². The number of para-hydroxylation sites is 1. The molecule has 1 aromatic heterocycles. The number of carbonyl (C=O) groups excluding carboxylic acids is 1. The molecule has 1 aliphatic rings. The van der Waals surface area contributed by atoms with E-state index >= 15 is 0 Å². The molecule has 0 unspecified atom stereocenters. The van der Waals surface area contributed by atoms with Crippen molar-refractivity contribution in [2.24, 2.45) is 0 Å². The molecule has 2 aromatic carbocycles. The second-order valence-corrected chi connectivity index (χ2v) is 8.45. The zero-order valence-corrected chi connectivity index (χ0v) is 18.9. The van der Waals surface area contributed by atoms with Crippen LogP contribution in [-0.4, -0.2) is 64.6 Å². The first kappa shape index (κ1) is 21.2. The second-order valence-electron chi connectivity index (χ2n) is 7.51. The summed E-state index contributed by atoms with van der Waals surface area (Å²) in [5, 5.41) is 9.28. The average Bonchev–Trinajstić information content (AvgIpc) is 3.18. The van der Waals surface area contributed by atoms with Crippen molar-refractivity contribution in [2.45, 2.75) is 19.0 Å². The number of carbonyl (C=O) groups is 1. The highest BCUT2D eigenvalue weighted by Gasteiger charge is 2.22. The van der Waals surface area contributed by atoms with Gasteiger partial charge in [0.25, 0.3) is 0 Å². The first-order chi connectivity index (χ1) is 15.1. The largest absolute Gasteiger partial charge is 0.497 e. The number of aromatic nitrogens is 3. The molecule has 162 valence electrons. The van der Waals surface area contributed by atoms with E-state index in [0.29, 0.717) is 5.75 Å². The molecular formula is C23H27N5O2S. The first-order valence-corrected chi connectivity index (χ1v) is 11.3. The highest BCUT2D eigenvalue weighted by molar-refractivity contribution is 7.99. The predicted molar refractivity (Wildman–Crippen MR) is 123 cm³/mol. The standard InChI is InChI=1S/C23H27N5O2S/c1-17-6-4-5-7-21(17)28-18(2)24-25-23(28)31-16-22(29)27-14-12-26(13-15-27)19-8-10-20(30-3)11-9-19/h4-11H,12-16H2,1-3H3. The minimum atomic E-state index is 0.136. The van der Waals surface area contributed by atoms with Crippen LogP contribution < -0.4 is 9.64 Å². The number of methoxy groups -OCH3 is 1. The Bertz CT molecular complexity index is 1040. The Morgan fingerprint density at radius 3 is 2.39 bits per heavy atom. The van der Waals surface area contributed by atoms with Crippen molar-refractivity contribution in [3.05, 3.63) is 59.9 Å². The molecule has 0 spiro atoms. The Labute approximate surface area is 187 Å². The van der Waals surface area contributed by atoms with E-state index < -0.39 is 0 Å². The number of aryl methyl sites for hydroxylation is 2. The molecule has 31 heavy (non-hydrogen) atoms. The molecule has 0 saturated carbocycles. The van der Waals surface area contributed by atoms with Crippen LogP contribution in [0.3, 0.4) is 0 Å². The van der Waals surface area contributed by atoms with Gasteiger partial charge < -0.3 is 14.5 Å². The van der Waals surface area contributed by atoms with Crippen LogP contribution in [0.2, 0.25) is 0 Å². The van der Waals surface area contributed by atoms with Crippen LogP contribution in [0, 0.1) is 13.8 Å². The molecule has 0 radical (unpaired) electrons. The first-order valence-electron chi connectivity index (χ1n) is 10.3. The number of anilines is 1. The summed E-state index contributed by atoms with van der Waals surface area (Å²) >= 11 is 1.45. The number of nitrogens with zero attached hydrogens (tertiary/aromatic N) is 5. The Balaban J connectivity index is 1.35. The Hall–Kier alpha value is -3.00. The van der Waals surface area contributed by atoms with Crippen molar-refractivity contribution in [3.63, 3.8) is 0 Å². The van der Waals surface area contributed by atoms with Gasteiger partial charge >= 0.3 is 0 Å². The summed E-state index contributed by atoms with van der Waals surface area (Å²) in [6.07, 6.45) is 0. The van der Waals surface area contributed by atoms with E-state index in [0.717, 1.165) is 59.8 Å². The smallest absolute Gasteiger partial charge is 0.233 e. The summed E-state index contributed by atoms with van der Waals surface area (Å²) in [5.41, 5.74) is 3.35. The number of thioether (sulfide) groups is 1. The number of benzene rings is 2. The van der Waals surface area contributed by atoms with E-state index in [1.165, 1.54) is 11.8 Å². The Morgan fingerprint density at radius 1 is 1.00 bits per heavy atom. The minimum absolute atomic E-state index is 0.136. The molecule has 1 fully saturated rings. The number of ether oxygens (including phenoxy) is 1. The number of piperazine rings is 1. The lowest BCUT2D eigenvalue weighted by molar-refractivity contribution is -0.128. The SMILES string of the molecule is COc1ccc(N2CCN(C(=O)CSc3nnc(C)n3-c3ccccc3C)CC2)cc1. The highest BCUT2D eigenvalue weighted by atomic mass is 32.2. The lowest BCUT2D eigenvalue weighted by atomic mass is 10.2. The van der Waals surface area contributed by atoms with Crippen molar-refractivity contribution in [1.82, 2.24) is 19.7 Å². The van der Waals surface area contributed by atoms with Crippen LogP contribution >= 0.6 is 11.8 Å². The van der Waals surface area contributed by atoms with Gasteiger partial charge in [-0.3, -0.25) is 9.36 Å². The quantitative estimate of drug-likeness (QED) is 0.551. The molecule has 1 amide bonds. The third-order valence-electron chi connectivity index (χ3n) is 5.55. The summed E-state index contributed by atoms with van der Waals surface area (Å²) in [5.74, 6) is 2.16. The Kier molecular flexibility index (Phi) is 6.46. The predicted octanol–water partition coefficient (Wildman–Crippen LogP) is 3.33. The van der Waals surface area contributed by atoms with Crippen molar-refractivity contribution >= 4 is 23.4 Å². The molecule has 7 nitrogen and oxygen atoms in total. The van der Waals surface area contributed by atoms with Gasteiger partial charge in [-0.05, 0) is 49.7 Å². The van der Waals surface area contributed by atoms with Gasteiger partial charge in [-0.25, -0.2) is 0 Å². The number of hydrogen-bond donors (Lipinski definition) is 0. The zero-order chi connectivity index (χ0) is 21.8. The van der Waals surface area contributed by atoms with E-state index in [-0.39, 0.29) is 5.91 Å². The van der Waals surface area contributed by atoms with Crippen LogP contribution in [0.1, 0.15) is 11.4 Å².